The lowest BCUT2D eigenvalue weighted by molar-refractivity contribution is 0.0887. The molecule has 23 heavy (non-hydrogen) atoms. The number of aliphatic hydroxyl groups is 1. The smallest absolute Gasteiger partial charge is 0.243 e. The van der Waals surface area contributed by atoms with Gasteiger partial charge < -0.3 is 5.11 Å². The van der Waals surface area contributed by atoms with E-state index in [2.05, 4.69) is 0 Å². The number of halogens is 2. The second-order valence-corrected chi connectivity index (χ2v) is 7.85. The van der Waals surface area contributed by atoms with E-state index in [1.165, 1.54) is 31.3 Å². The lowest BCUT2D eigenvalue weighted by Crippen LogP contribution is -2.46. The molecule has 7 heteroatoms. The molecule has 122 valence electrons. The van der Waals surface area contributed by atoms with Crippen molar-refractivity contribution in [2.75, 3.05) is 7.05 Å². The summed E-state index contributed by atoms with van der Waals surface area (Å²) in [5.41, 5.74) is 0.516. The predicted octanol–water partition coefficient (Wildman–Crippen LogP) is 2.76. The highest BCUT2D eigenvalue weighted by atomic mass is 35.5. The summed E-state index contributed by atoms with van der Waals surface area (Å²) in [7, 11) is -2.36. The molecule has 0 aliphatic carbocycles. The minimum atomic E-state index is -3.74. The molecule has 1 aliphatic rings. The van der Waals surface area contributed by atoms with E-state index in [1.54, 1.807) is 18.2 Å². The molecule has 0 radical (unpaired) electrons. The molecule has 2 aromatic carbocycles. The number of hydrogen-bond donors (Lipinski definition) is 1. The molecule has 0 unspecified atom stereocenters. The molecule has 2 atom stereocenters. The van der Waals surface area contributed by atoms with E-state index in [0.29, 0.717) is 5.56 Å². The highest BCUT2D eigenvalue weighted by Gasteiger charge is 2.41. The zero-order chi connectivity index (χ0) is 16.8. The van der Waals surface area contributed by atoms with Crippen LogP contribution in [0.1, 0.15) is 17.2 Å². The minimum Gasteiger partial charge on any atom is -0.387 e. The van der Waals surface area contributed by atoms with Crippen molar-refractivity contribution in [2.45, 2.75) is 23.5 Å². The van der Waals surface area contributed by atoms with Crippen LogP contribution in [-0.2, 0) is 16.4 Å². The van der Waals surface area contributed by atoms with Gasteiger partial charge in [0.2, 0.25) is 10.0 Å². The number of sulfonamides is 1. The summed E-state index contributed by atoms with van der Waals surface area (Å²) in [5.74, 6) is -0.519. The van der Waals surface area contributed by atoms with Gasteiger partial charge in [-0.2, -0.15) is 4.31 Å². The molecule has 0 bridgehead atoms. The van der Waals surface area contributed by atoms with Gasteiger partial charge in [-0.3, -0.25) is 0 Å². The Kier molecular flexibility index (Phi) is 4.18. The van der Waals surface area contributed by atoms with Crippen LogP contribution in [0.3, 0.4) is 0 Å². The van der Waals surface area contributed by atoms with Gasteiger partial charge in [0.15, 0.2) is 0 Å². The summed E-state index contributed by atoms with van der Waals surface area (Å²) in [5, 5.41) is 10.8. The summed E-state index contributed by atoms with van der Waals surface area (Å²) in [6.45, 7) is 0. The first kappa shape index (κ1) is 16.4. The average Bonchev–Trinajstić information content (AvgIpc) is 2.52. The molecule has 0 aromatic heterocycles. The topological polar surface area (TPSA) is 57.6 Å². The summed E-state index contributed by atoms with van der Waals surface area (Å²) < 4.78 is 40.3. The average molecular weight is 356 g/mol. The Balaban J connectivity index is 2.08. The van der Waals surface area contributed by atoms with Crippen LogP contribution in [0, 0.1) is 5.82 Å². The van der Waals surface area contributed by atoms with Gasteiger partial charge in [0, 0.05) is 23.2 Å². The molecule has 1 heterocycles. The highest BCUT2D eigenvalue weighted by Crippen LogP contribution is 2.37. The van der Waals surface area contributed by atoms with Gasteiger partial charge in [-0.25, -0.2) is 12.8 Å². The maximum absolute atomic E-state index is 14.0. The van der Waals surface area contributed by atoms with E-state index < -0.39 is 28.0 Å². The third kappa shape index (κ3) is 2.65. The van der Waals surface area contributed by atoms with E-state index in [-0.39, 0.29) is 21.9 Å². The Morgan fingerprint density at radius 2 is 1.91 bits per heavy atom. The van der Waals surface area contributed by atoms with Crippen molar-refractivity contribution in [1.82, 2.24) is 4.31 Å². The third-order valence-electron chi connectivity index (χ3n) is 4.20. The van der Waals surface area contributed by atoms with Crippen molar-refractivity contribution >= 4 is 21.6 Å². The largest absolute Gasteiger partial charge is 0.387 e. The van der Waals surface area contributed by atoms with Crippen LogP contribution in [-0.4, -0.2) is 30.9 Å². The molecule has 0 saturated carbocycles. The van der Waals surface area contributed by atoms with Crippen molar-refractivity contribution in [3.8, 4) is 0 Å². The molecule has 0 saturated heterocycles. The molecule has 1 N–H and O–H groups in total. The van der Waals surface area contributed by atoms with E-state index >= 15 is 0 Å². The molecule has 2 aromatic rings. The zero-order valence-corrected chi connectivity index (χ0v) is 13.9. The Hall–Kier alpha value is -1.47. The lowest BCUT2D eigenvalue weighted by Gasteiger charge is -2.37. The fraction of sp³-hybridized carbons (Fsp3) is 0.250. The van der Waals surface area contributed by atoms with E-state index in [0.717, 1.165) is 4.31 Å². The fourth-order valence-electron chi connectivity index (χ4n) is 2.88. The van der Waals surface area contributed by atoms with Gasteiger partial charge in [-0.1, -0.05) is 35.9 Å². The quantitative estimate of drug-likeness (QED) is 0.901. The van der Waals surface area contributed by atoms with Crippen molar-refractivity contribution in [3.63, 3.8) is 0 Å². The van der Waals surface area contributed by atoms with Crippen LogP contribution < -0.4 is 0 Å². The number of fused-ring (bicyclic) bond motifs is 1. The predicted molar refractivity (Wildman–Crippen MR) is 85.3 cm³/mol. The Morgan fingerprint density at radius 1 is 1.22 bits per heavy atom. The van der Waals surface area contributed by atoms with Gasteiger partial charge in [0.05, 0.1) is 17.0 Å². The fourth-order valence-corrected chi connectivity index (χ4v) is 4.71. The SMILES string of the molecule is CN1[C@@H](Cc2c(F)cccc2Cl)[C@H](O)c2ccccc2S1(=O)=O. The molecule has 1 aliphatic heterocycles. The number of nitrogens with zero attached hydrogens (tertiary/aromatic N) is 1. The number of rotatable bonds is 2. The maximum Gasteiger partial charge on any atom is 0.243 e. The minimum absolute atomic E-state index is 0.0171. The normalized spacial score (nSPS) is 23.5. The molecular weight excluding hydrogens is 341 g/mol. The first-order valence-corrected chi connectivity index (χ1v) is 8.83. The van der Waals surface area contributed by atoms with Crippen LogP contribution in [0.2, 0.25) is 5.02 Å². The zero-order valence-electron chi connectivity index (χ0n) is 12.3. The van der Waals surface area contributed by atoms with Crippen LogP contribution in [0.4, 0.5) is 4.39 Å². The first-order valence-electron chi connectivity index (χ1n) is 7.02. The van der Waals surface area contributed by atoms with Crippen molar-refractivity contribution < 1.29 is 17.9 Å². The summed E-state index contributed by atoms with van der Waals surface area (Å²) in [6.07, 6.45) is -1.08. The van der Waals surface area contributed by atoms with E-state index in [9.17, 15) is 17.9 Å². The van der Waals surface area contributed by atoms with Crippen LogP contribution in [0.15, 0.2) is 47.4 Å². The molecule has 3 rings (SSSR count). The molecule has 0 spiro atoms. The summed E-state index contributed by atoms with van der Waals surface area (Å²) in [6, 6.07) is 9.74. The number of hydrogen-bond acceptors (Lipinski definition) is 3. The van der Waals surface area contributed by atoms with Crippen LogP contribution in [0.5, 0.6) is 0 Å². The Labute approximate surface area is 139 Å². The van der Waals surface area contributed by atoms with Gasteiger partial charge in [0.1, 0.15) is 5.82 Å². The standard InChI is InChI=1S/C16H15ClFNO3S/c1-19-14(9-11-12(17)6-4-7-13(11)18)16(20)10-5-2-3-8-15(10)23(19,21)22/h2-8,14,16,20H,9H2,1H3/t14-,16+/m0/s1. The molecule has 0 fully saturated rings. The summed E-state index contributed by atoms with van der Waals surface area (Å²) in [4.78, 5) is 0.0749. The monoisotopic (exact) mass is 355 g/mol. The second kappa shape index (κ2) is 5.87. The molecular formula is C16H15ClFNO3S. The van der Waals surface area contributed by atoms with E-state index in [1.807, 2.05) is 0 Å². The lowest BCUT2D eigenvalue weighted by atomic mass is 9.95. The van der Waals surface area contributed by atoms with E-state index in [4.69, 9.17) is 11.6 Å². The Morgan fingerprint density at radius 3 is 2.61 bits per heavy atom. The third-order valence-corrected chi connectivity index (χ3v) is 6.51. The number of aliphatic hydroxyl groups excluding tert-OH is 1. The summed E-state index contributed by atoms with van der Waals surface area (Å²) >= 11 is 6.03. The second-order valence-electron chi connectivity index (χ2n) is 5.48. The molecule has 0 amide bonds. The highest BCUT2D eigenvalue weighted by molar-refractivity contribution is 7.89. The number of likely N-dealkylation sites (N-methyl/N-ethyl adjacent to an activating group) is 1. The Bertz CT molecular complexity index is 836. The van der Waals surface area contributed by atoms with Gasteiger partial charge >= 0.3 is 0 Å². The molecule has 4 nitrogen and oxygen atoms in total. The van der Waals surface area contributed by atoms with Crippen molar-refractivity contribution in [3.05, 3.63) is 64.4 Å². The van der Waals surface area contributed by atoms with Crippen molar-refractivity contribution in [1.29, 1.82) is 0 Å². The van der Waals surface area contributed by atoms with Gasteiger partial charge in [-0.15, -0.1) is 0 Å². The van der Waals surface area contributed by atoms with Crippen LogP contribution >= 0.6 is 11.6 Å². The van der Waals surface area contributed by atoms with Gasteiger partial charge in [0.25, 0.3) is 0 Å². The van der Waals surface area contributed by atoms with Crippen LogP contribution in [0.25, 0.3) is 0 Å². The maximum atomic E-state index is 14.0. The van der Waals surface area contributed by atoms with Gasteiger partial charge in [-0.05, 0) is 24.6 Å². The van der Waals surface area contributed by atoms with Crippen molar-refractivity contribution in [2.24, 2.45) is 0 Å². The first-order chi connectivity index (χ1) is 10.8. The number of benzene rings is 2.